The molecule has 0 saturated carbocycles. The van der Waals surface area contributed by atoms with Crippen LogP contribution in [0.3, 0.4) is 0 Å². The Balaban J connectivity index is 2.56. The molecule has 0 aliphatic rings. The number of benzene rings is 1. The standard InChI is InChI=1S/C14H10N4O5/c1-16-13(19)7-9(11-3-2-4-15-11)10-5-8(17(20)21)6-12(14(10)16)18(22)23/h2-7,15H,1H3. The van der Waals surface area contributed by atoms with Crippen LogP contribution in [0.5, 0.6) is 0 Å². The van der Waals surface area contributed by atoms with E-state index in [4.69, 9.17) is 0 Å². The Labute approximate surface area is 128 Å². The number of nitrogens with zero attached hydrogens (tertiary/aromatic N) is 3. The fourth-order valence-electron chi connectivity index (χ4n) is 2.54. The number of pyridine rings is 1. The molecular formula is C14H10N4O5. The van der Waals surface area contributed by atoms with E-state index in [0.717, 1.165) is 10.6 Å². The van der Waals surface area contributed by atoms with Gasteiger partial charge >= 0.3 is 0 Å². The van der Waals surface area contributed by atoms with Crippen molar-refractivity contribution in [1.82, 2.24) is 9.55 Å². The van der Waals surface area contributed by atoms with Gasteiger partial charge in [-0.2, -0.15) is 0 Å². The van der Waals surface area contributed by atoms with Crippen molar-refractivity contribution in [3.05, 3.63) is 67.1 Å². The van der Waals surface area contributed by atoms with E-state index in [2.05, 4.69) is 4.98 Å². The molecule has 0 spiro atoms. The van der Waals surface area contributed by atoms with E-state index in [1.165, 1.54) is 19.2 Å². The van der Waals surface area contributed by atoms with Gasteiger partial charge in [0.15, 0.2) is 0 Å². The third-order valence-electron chi connectivity index (χ3n) is 3.59. The van der Waals surface area contributed by atoms with Crippen LogP contribution in [0, 0.1) is 20.2 Å². The average molecular weight is 314 g/mol. The van der Waals surface area contributed by atoms with E-state index in [0.29, 0.717) is 11.3 Å². The van der Waals surface area contributed by atoms with E-state index in [9.17, 15) is 25.0 Å². The normalized spacial score (nSPS) is 10.8. The fraction of sp³-hybridized carbons (Fsp3) is 0.0714. The van der Waals surface area contributed by atoms with Crippen molar-refractivity contribution >= 4 is 22.3 Å². The summed E-state index contributed by atoms with van der Waals surface area (Å²) in [5.74, 6) is 0. The lowest BCUT2D eigenvalue weighted by Crippen LogP contribution is -2.17. The molecule has 1 aromatic carbocycles. The first-order valence-electron chi connectivity index (χ1n) is 6.50. The molecule has 0 amide bonds. The lowest BCUT2D eigenvalue weighted by atomic mass is 10.0. The van der Waals surface area contributed by atoms with Gasteiger partial charge in [-0.15, -0.1) is 0 Å². The number of rotatable bonds is 3. The van der Waals surface area contributed by atoms with Crippen molar-refractivity contribution in [2.75, 3.05) is 0 Å². The molecule has 9 heteroatoms. The maximum absolute atomic E-state index is 12.1. The Morgan fingerprint density at radius 2 is 1.87 bits per heavy atom. The Morgan fingerprint density at radius 1 is 1.13 bits per heavy atom. The second-order valence-electron chi connectivity index (χ2n) is 4.91. The second kappa shape index (κ2) is 5.05. The van der Waals surface area contributed by atoms with Crippen molar-refractivity contribution in [2.24, 2.45) is 7.05 Å². The fourth-order valence-corrected chi connectivity index (χ4v) is 2.54. The number of H-pyrrole nitrogens is 1. The SMILES string of the molecule is Cn1c(=O)cc(-c2ccc[nH]2)c2cc([N+](=O)[O-])cc([N+](=O)[O-])c21. The van der Waals surface area contributed by atoms with Crippen molar-refractivity contribution in [3.8, 4) is 11.3 Å². The zero-order valence-corrected chi connectivity index (χ0v) is 11.8. The van der Waals surface area contributed by atoms with Gasteiger partial charge in [0, 0.05) is 42.0 Å². The van der Waals surface area contributed by atoms with Crippen LogP contribution in [-0.4, -0.2) is 19.4 Å². The predicted octanol–water partition coefficient (Wildman–Crippen LogP) is 2.35. The molecule has 2 heterocycles. The summed E-state index contributed by atoms with van der Waals surface area (Å²) in [4.78, 5) is 36.0. The molecule has 0 fully saturated rings. The van der Waals surface area contributed by atoms with Gasteiger partial charge in [0.05, 0.1) is 15.9 Å². The molecule has 116 valence electrons. The van der Waals surface area contributed by atoms with Gasteiger partial charge in [0.2, 0.25) is 0 Å². The van der Waals surface area contributed by atoms with Gasteiger partial charge in [0.25, 0.3) is 16.9 Å². The number of nitro groups is 2. The van der Waals surface area contributed by atoms with Crippen LogP contribution in [0.4, 0.5) is 11.4 Å². The third kappa shape index (κ3) is 2.24. The minimum atomic E-state index is -0.729. The van der Waals surface area contributed by atoms with Crippen LogP contribution >= 0.6 is 0 Å². The van der Waals surface area contributed by atoms with Crippen LogP contribution in [0.25, 0.3) is 22.2 Å². The maximum Gasteiger partial charge on any atom is 0.300 e. The second-order valence-corrected chi connectivity index (χ2v) is 4.91. The number of nitrogens with one attached hydrogen (secondary N) is 1. The van der Waals surface area contributed by atoms with Gasteiger partial charge < -0.3 is 9.55 Å². The molecule has 0 radical (unpaired) electrons. The van der Waals surface area contributed by atoms with Crippen molar-refractivity contribution in [2.45, 2.75) is 0 Å². The van der Waals surface area contributed by atoms with Crippen LogP contribution in [0.2, 0.25) is 0 Å². The lowest BCUT2D eigenvalue weighted by molar-refractivity contribution is -0.393. The highest BCUT2D eigenvalue weighted by molar-refractivity contribution is 6.00. The Bertz CT molecular complexity index is 1000. The highest BCUT2D eigenvalue weighted by Gasteiger charge is 2.24. The average Bonchev–Trinajstić information content (AvgIpc) is 3.03. The van der Waals surface area contributed by atoms with E-state index in [1.54, 1.807) is 18.3 Å². The molecule has 0 bridgehead atoms. The van der Waals surface area contributed by atoms with Gasteiger partial charge in [-0.05, 0) is 12.1 Å². The summed E-state index contributed by atoms with van der Waals surface area (Å²) in [5, 5.41) is 22.6. The number of hydrogen-bond donors (Lipinski definition) is 1. The van der Waals surface area contributed by atoms with Crippen molar-refractivity contribution in [1.29, 1.82) is 0 Å². The summed E-state index contributed by atoms with van der Waals surface area (Å²) in [7, 11) is 1.39. The van der Waals surface area contributed by atoms with Crippen molar-refractivity contribution in [3.63, 3.8) is 0 Å². The van der Waals surface area contributed by atoms with Crippen LogP contribution in [0.15, 0.2) is 41.3 Å². The highest BCUT2D eigenvalue weighted by atomic mass is 16.6. The number of aromatic nitrogens is 2. The summed E-state index contributed by atoms with van der Waals surface area (Å²) in [6.07, 6.45) is 1.63. The number of nitro benzene ring substituents is 2. The number of aromatic amines is 1. The van der Waals surface area contributed by atoms with E-state index in [1.807, 2.05) is 0 Å². The number of fused-ring (bicyclic) bond motifs is 1. The first-order valence-corrected chi connectivity index (χ1v) is 6.50. The largest absolute Gasteiger partial charge is 0.361 e. The summed E-state index contributed by atoms with van der Waals surface area (Å²) >= 11 is 0. The number of hydrogen-bond acceptors (Lipinski definition) is 5. The monoisotopic (exact) mass is 314 g/mol. The summed E-state index contributed by atoms with van der Waals surface area (Å²) in [5.41, 5.74) is -0.378. The summed E-state index contributed by atoms with van der Waals surface area (Å²) in [6.45, 7) is 0. The van der Waals surface area contributed by atoms with E-state index >= 15 is 0 Å². The van der Waals surface area contributed by atoms with Gasteiger partial charge in [-0.25, -0.2) is 0 Å². The predicted molar refractivity (Wildman–Crippen MR) is 82.3 cm³/mol. The smallest absolute Gasteiger partial charge is 0.300 e. The first kappa shape index (κ1) is 14.4. The highest BCUT2D eigenvalue weighted by Crippen LogP contribution is 2.35. The zero-order valence-electron chi connectivity index (χ0n) is 11.8. The van der Waals surface area contributed by atoms with Crippen LogP contribution in [0.1, 0.15) is 0 Å². The summed E-state index contributed by atoms with van der Waals surface area (Å²) < 4.78 is 1.11. The topological polar surface area (TPSA) is 124 Å². The molecule has 0 unspecified atom stereocenters. The molecule has 1 N–H and O–H groups in total. The van der Waals surface area contributed by atoms with Gasteiger partial charge in [0.1, 0.15) is 5.52 Å². The molecule has 0 aliphatic heterocycles. The van der Waals surface area contributed by atoms with E-state index in [-0.39, 0.29) is 10.9 Å². The minimum Gasteiger partial charge on any atom is -0.361 e. The third-order valence-corrected chi connectivity index (χ3v) is 3.59. The molecule has 2 aromatic heterocycles. The maximum atomic E-state index is 12.1. The molecule has 9 nitrogen and oxygen atoms in total. The van der Waals surface area contributed by atoms with Crippen LogP contribution in [-0.2, 0) is 7.05 Å². The van der Waals surface area contributed by atoms with Crippen molar-refractivity contribution < 1.29 is 9.85 Å². The minimum absolute atomic E-state index is 0.0395. The number of aryl methyl sites for hydroxylation is 1. The first-order chi connectivity index (χ1) is 10.9. The molecule has 0 atom stereocenters. The molecule has 23 heavy (non-hydrogen) atoms. The van der Waals surface area contributed by atoms with Gasteiger partial charge in [-0.3, -0.25) is 25.0 Å². The molecular weight excluding hydrogens is 304 g/mol. The lowest BCUT2D eigenvalue weighted by Gasteiger charge is -2.09. The van der Waals surface area contributed by atoms with E-state index < -0.39 is 26.8 Å². The molecule has 0 saturated heterocycles. The summed E-state index contributed by atoms with van der Waals surface area (Å²) in [6, 6.07) is 6.77. The Morgan fingerprint density at radius 3 is 2.43 bits per heavy atom. The zero-order chi connectivity index (χ0) is 16.7. The molecule has 3 aromatic rings. The number of non-ortho nitro benzene ring substituents is 2. The Hall–Kier alpha value is -3.49. The van der Waals surface area contributed by atoms with Gasteiger partial charge in [-0.1, -0.05) is 0 Å². The molecule has 0 aliphatic carbocycles. The quantitative estimate of drug-likeness (QED) is 0.587. The molecule has 3 rings (SSSR count). The van der Waals surface area contributed by atoms with Crippen LogP contribution < -0.4 is 5.56 Å². The Kier molecular flexibility index (Phi) is 3.17.